The largest absolute Gasteiger partial charge is 0.493 e. The monoisotopic (exact) mass is 645 g/mol. The third kappa shape index (κ3) is 7.10. The molecule has 0 saturated carbocycles. The molecule has 6 atom stereocenters. The van der Waals surface area contributed by atoms with E-state index in [2.05, 4.69) is 18.3 Å². The summed E-state index contributed by atoms with van der Waals surface area (Å²) in [6.45, 7) is -1.47. The van der Waals surface area contributed by atoms with Crippen LogP contribution >= 0.6 is 23.5 Å². The summed E-state index contributed by atoms with van der Waals surface area (Å²) in [7, 11) is -15.6. The summed E-state index contributed by atoms with van der Waals surface area (Å²) in [6.07, 6.45) is -6.07. The topological polar surface area (TPSA) is 289 Å². The number of phosphoric acid groups is 3. The zero-order valence-corrected chi connectivity index (χ0v) is 23.2. The molecule has 1 aliphatic rings. The van der Waals surface area contributed by atoms with Gasteiger partial charge in [0.15, 0.2) is 12.0 Å². The normalized spacial score (nSPS) is 24.3. The highest BCUT2D eigenvalue weighted by Gasteiger charge is 2.47. The number of aliphatic hydroxyl groups excluding tert-OH is 2. The molecule has 1 aromatic carbocycles. The Bertz CT molecular complexity index is 1690. The summed E-state index contributed by atoms with van der Waals surface area (Å²) < 4.78 is 63.1. The van der Waals surface area contributed by atoms with E-state index in [0.717, 1.165) is 21.4 Å². The van der Waals surface area contributed by atoms with Gasteiger partial charge in [-0.1, -0.05) is 11.2 Å². The number of ether oxygens (including phenoxy) is 2. The number of para-hydroxylation sites is 1. The number of aliphatic hydroxyl groups is 2. The summed E-state index contributed by atoms with van der Waals surface area (Å²) in [5.74, 6) is 0.359. The van der Waals surface area contributed by atoms with Crippen LogP contribution in [0.25, 0.3) is 11.0 Å². The van der Waals surface area contributed by atoms with Gasteiger partial charge in [-0.25, -0.2) is 18.5 Å². The smallest absolute Gasteiger partial charge is 0.490 e. The maximum atomic E-state index is 13.2. The highest BCUT2D eigenvalue weighted by atomic mass is 31.3. The molecule has 3 heterocycles. The Hall–Kier alpha value is -2.54. The second-order valence-corrected chi connectivity index (χ2v) is 12.7. The van der Waals surface area contributed by atoms with Crippen LogP contribution < -0.4 is 16.0 Å². The predicted octanol–water partition coefficient (Wildman–Crippen LogP) is -0.829. The minimum Gasteiger partial charge on any atom is -0.493 e. The van der Waals surface area contributed by atoms with Gasteiger partial charge < -0.3 is 43.8 Å². The molecule has 41 heavy (non-hydrogen) atoms. The van der Waals surface area contributed by atoms with Crippen molar-refractivity contribution < 1.29 is 70.6 Å². The summed E-state index contributed by atoms with van der Waals surface area (Å²) in [5, 5.41) is 25.2. The number of benzene rings is 1. The molecule has 3 aromatic rings. The highest BCUT2D eigenvalue weighted by Crippen LogP contribution is 2.66. The van der Waals surface area contributed by atoms with Gasteiger partial charge in [-0.05, 0) is 12.1 Å². The molecule has 0 spiro atoms. The average Bonchev–Trinajstić information content (AvgIpc) is 3.39. The van der Waals surface area contributed by atoms with Crippen molar-refractivity contribution in [2.45, 2.75) is 31.1 Å². The second-order valence-electron chi connectivity index (χ2n) is 8.33. The van der Waals surface area contributed by atoms with E-state index in [1.54, 1.807) is 18.2 Å². The number of fused-ring (bicyclic) bond motifs is 1. The lowest BCUT2D eigenvalue weighted by Crippen LogP contribution is -2.43. The number of hydrogen-bond acceptors (Lipinski definition) is 14. The van der Waals surface area contributed by atoms with Crippen LogP contribution in [-0.4, -0.2) is 76.1 Å². The highest BCUT2D eigenvalue weighted by molar-refractivity contribution is 7.66. The molecule has 1 saturated heterocycles. The summed E-state index contributed by atoms with van der Waals surface area (Å²) >= 11 is 0. The van der Waals surface area contributed by atoms with E-state index < -0.39 is 65.9 Å². The summed E-state index contributed by atoms with van der Waals surface area (Å²) in [4.78, 5) is 61.7. The Labute approximate surface area is 227 Å². The lowest BCUT2D eigenvalue weighted by Gasteiger charge is -2.19. The molecular weight excluding hydrogens is 623 g/mol. The van der Waals surface area contributed by atoms with Crippen LogP contribution in [-0.2, 0) is 38.1 Å². The number of phosphoric ester groups is 1. The number of methoxy groups -OCH3 is 1. The van der Waals surface area contributed by atoms with E-state index in [0.29, 0.717) is 11.1 Å². The Kier molecular flexibility index (Phi) is 8.90. The van der Waals surface area contributed by atoms with Gasteiger partial charge in [-0.2, -0.15) is 8.62 Å². The molecule has 0 bridgehead atoms. The molecular formula is C18H22N3O17P3. The SMILES string of the molecule is COc1cccc2c(Cn3c(=O)ccn([C@@H]4O[C@H](COP(=O)(O)OP(=O)(O)OP(=O)(O)O)[C@H](O)[C@@H]4O)c3=O)noc12. The first-order valence-corrected chi connectivity index (χ1v) is 15.6. The van der Waals surface area contributed by atoms with Crippen LogP contribution in [0.5, 0.6) is 5.75 Å². The van der Waals surface area contributed by atoms with Gasteiger partial charge in [0.05, 0.1) is 25.6 Å². The van der Waals surface area contributed by atoms with Gasteiger partial charge in [0.2, 0.25) is 5.58 Å². The van der Waals surface area contributed by atoms with Gasteiger partial charge in [-0.3, -0.25) is 18.5 Å². The first kappa shape index (κ1) is 31.4. The zero-order chi connectivity index (χ0) is 30.3. The van der Waals surface area contributed by atoms with Crippen molar-refractivity contribution in [1.29, 1.82) is 0 Å². The van der Waals surface area contributed by atoms with Crippen LogP contribution in [0.4, 0.5) is 0 Å². The lowest BCUT2D eigenvalue weighted by atomic mass is 10.1. The Morgan fingerprint density at radius 2 is 1.71 bits per heavy atom. The van der Waals surface area contributed by atoms with E-state index in [4.69, 9.17) is 23.8 Å². The predicted molar refractivity (Wildman–Crippen MR) is 130 cm³/mol. The Morgan fingerprint density at radius 3 is 2.37 bits per heavy atom. The second kappa shape index (κ2) is 11.6. The standard InChI is InChI=1S/C18H22N3O17P3/c1-33-11-4-2-3-9-10(19-36-16(9)11)7-21-13(22)5-6-20(18(21)25)17-15(24)14(23)12(35-17)8-34-40(29,30)38-41(31,32)37-39(26,27)28/h2-6,12,14-15,17,23-24H,7-8H2,1H3,(H,29,30)(H,31,32)(H2,26,27,28)/t12-,14+,15+,17-/m1/s1. The fourth-order valence-electron chi connectivity index (χ4n) is 3.85. The first-order chi connectivity index (χ1) is 19.0. The Morgan fingerprint density at radius 1 is 1.00 bits per heavy atom. The minimum absolute atomic E-state index is 0.192. The molecule has 6 N–H and O–H groups in total. The van der Waals surface area contributed by atoms with Crippen molar-refractivity contribution in [2.75, 3.05) is 13.7 Å². The van der Waals surface area contributed by atoms with Gasteiger partial charge in [0.25, 0.3) is 5.56 Å². The molecule has 1 aliphatic heterocycles. The van der Waals surface area contributed by atoms with Gasteiger partial charge >= 0.3 is 29.2 Å². The lowest BCUT2D eigenvalue weighted by molar-refractivity contribution is -0.0547. The van der Waals surface area contributed by atoms with Crippen molar-refractivity contribution in [3.05, 3.63) is 57.0 Å². The van der Waals surface area contributed by atoms with E-state index in [1.165, 1.54) is 7.11 Å². The zero-order valence-electron chi connectivity index (χ0n) is 20.5. The van der Waals surface area contributed by atoms with Crippen LogP contribution in [0.1, 0.15) is 11.9 Å². The van der Waals surface area contributed by atoms with E-state index >= 15 is 0 Å². The van der Waals surface area contributed by atoms with Crippen molar-refractivity contribution in [2.24, 2.45) is 0 Å². The third-order valence-electron chi connectivity index (χ3n) is 5.59. The van der Waals surface area contributed by atoms with Crippen molar-refractivity contribution in [1.82, 2.24) is 14.3 Å². The minimum atomic E-state index is -5.80. The van der Waals surface area contributed by atoms with Gasteiger partial charge in [0, 0.05) is 12.3 Å². The average molecular weight is 645 g/mol. The van der Waals surface area contributed by atoms with E-state index in [9.17, 15) is 43.3 Å². The van der Waals surface area contributed by atoms with Gasteiger partial charge in [-0.15, -0.1) is 0 Å². The number of aromatic nitrogens is 3. The molecule has 0 amide bonds. The molecule has 20 nitrogen and oxygen atoms in total. The van der Waals surface area contributed by atoms with Crippen LogP contribution in [0.15, 0.2) is 44.6 Å². The third-order valence-corrected chi connectivity index (χ3v) is 9.39. The van der Waals surface area contributed by atoms with Crippen LogP contribution in [0.3, 0.4) is 0 Å². The number of nitrogens with zero attached hydrogens (tertiary/aromatic N) is 3. The molecule has 2 unspecified atom stereocenters. The number of hydrogen-bond donors (Lipinski definition) is 6. The summed E-state index contributed by atoms with van der Waals surface area (Å²) in [6, 6.07) is 5.84. The van der Waals surface area contributed by atoms with Crippen molar-refractivity contribution >= 4 is 34.4 Å². The van der Waals surface area contributed by atoms with E-state index in [-0.39, 0.29) is 17.8 Å². The van der Waals surface area contributed by atoms with Crippen molar-refractivity contribution in [3.63, 3.8) is 0 Å². The molecule has 226 valence electrons. The fraction of sp³-hybridized carbons (Fsp3) is 0.389. The molecule has 4 rings (SSSR count). The maximum Gasteiger partial charge on any atom is 0.490 e. The molecule has 23 heteroatoms. The van der Waals surface area contributed by atoms with Crippen LogP contribution in [0, 0.1) is 0 Å². The van der Waals surface area contributed by atoms with Crippen molar-refractivity contribution in [3.8, 4) is 5.75 Å². The maximum absolute atomic E-state index is 13.2. The molecule has 1 fully saturated rings. The number of rotatable bonds is 11. The Balaban J connectivity index is 1.52. The molecule has 2 aromatic heterocycles. The fourth-order valence-corrected chi connectivity index (χ4v) is 6.88. The van der Waals surface area contributed by atoms with Gasteiger partial charge in [0.1, 0.15) is 24.0 Å². The quantitative estimate of drug-likeness (QED) is 0.139. The molecule has 0 radical (unpaired) electrons. The van der Waals surface area contributed by atoms with Crippen LogP contribution in [0.2, 0.25) is 0 Å². The van der Waals surface area contributed by atoms with E-state index in [1.807, 2.05) is 0 Å². The summed E-state index contributed by atoms with van der Waals surface area (Å²) in [5.41, 5.74) is -1.31. The molecule has 0 aliphatic carbocycles. The first-order valence-electron chi connectivity index (χ1n) is 11.0.